The number of ketones is 1. The zero-order chi connectivity index (χ0) is 22.9. The Balaban J connectivity index is 1.61. The molecule has 0 amide bonds. The van der Waals surface area contributed by atoms with Gasteiger partial charge in [0.1, 0.15) is 0 Å². The van der Waals surface area contributed by atoms with Gasteiger partial charge in [0.15, 0.2) is 5.78 Å². The van der Waals surface area contributed by atoms with Gasteiger partial charge in [-0.15, -0.1) is 0 Å². The summed E-state index contributed by atoms with van der Waals surface area (Å²) in [6, 6.07) is 9.91. The van der Waals surface area contributed by atoms with Crippen LogP contribution < -0.4 is 0 Å². The monoisotopic (exact) mass is 443 g/mol. The van der Waals surface area contributed by atoms with Gasteiger partial charge in [0.05, 0.1) is 11.5 Å². The second-order valence-corrected chi connectivity index (χ2v) is 8.48. The van der Waals surface area contributed by atoms with E-state index in [0.717, 1.165) is 48.0 Å². The third-order valence-corrected chi connectivity index (χ3v) is 6.41. The number of aliphatic carboxylic acids is 1. The van der Waals surface area contributed by atoms with E-state index in [0.29, 0.717) is 11.5 Å². The van der Waals surface area contributed by atoms with Crippen molar-refractivity contribution in [3.05, 3.63) is 70.9 Å². The lowest BCUT2D eigenvalue weighted by molar-refractivity contribution is -0.139. The lowest BCUT2D eigenvalue weighted by Crippen LogP contribution is -2.16. The molecule has 0 bridgehead atoms. The number of H-pyrrole nitrogens is 1. The van der Waals surface area contributed by atoms with Crippen molar-refractivity contribution in [3.63, 3.8) is 0 Å². The fourth-order valence-corrected chi connectivity index (χ4v) is 4.62. The van der Waals surface area contributed by atoms with Crippen LogP contribution >= 0.6 is 0 Å². The molecule has 1 fully saturated rings. The zero-order valence-electron chi connectivity index (χ0n) is 17.4. The molecule has 2 N–H and O–H groups in total. The number of aromatic nitrogens is 1. The maximum absolute atomic E-state index is 12.8. The molecule has 168 valence electrons. The molecule has 1 aromatic heterocycles. The SMILES string of the molecule is O=C(CC(C(=O)O)c1c[nH]c2ccc(C3CCCCC3)cc12)c1ccc(C(F)(F)F)cc1. The van der Waals surface area contributed by atoms with Crippen molar-refractivity contribution in [1.82, 2.24) is 4.98 Å². The molecule has 1 unspecified atom stereocenters. The first-order valence-electron chi connectivity index (χ1n) is 10.8. The van der Waals surface area contributed by atoms with Crippen LogP contribution in [0.25, 0.3) is 10.9 Å². The van der Waals surface area contributed by atoms with Gasteiger partial charge in [0.25, 0.3) is 0 Å². The van der Waals surface area contributed by atoms with Crippen molar-refractivity contribution in [2.45, 2.75) is 56.5 Å². The summed E-state index contributed by atoms with van der Waals surface area (Å²) in [7, 11) is 0. The number of halogens is 3. The lowest BCUT2D eigenvalue weighted by atomic mass is 9.83. The molecule has 7 heteroatoms. The van der Waals surface area contributed by atoms with Gasteiger partial charge >= 0.3 is 12.1 Å². The van der Waals surface area contributed by atoms with E-state index in [1.165, 1.54) is 24.8 Å². The van der Waals surface area contributed by atoms with E-state index in [-0.39, 0.29) is 12.0 Å². The molecule has 1 saturated carbocycles. The van der Waals surface area contributed by atoms with E-state index in [4.69, 9.17) is 0 Å². The van der Waals surface area contributed by atoms with Crippen LogP contribution in [0.4, 0.5) is 13.2 Å². The van der Waals surface area contributed by atoms with Crippen LogP contribution in [0.2, 0.25) is 0 Å². The molecule has 0 aliphatic heterocycles. The van der Waals surface area contributed by atoms with E-state index in [1.54, 1.807) is 6.20 Å². The van der Waals surface area contributed by atoms with Gasteiger partial charge in [0.2, 0.25) is 0 Å². The van der Waals surface area contributed by atoms with E-state index in [9.17, 15) is 27.9 Å². The number of carboxylic acid groups (broad SMARTS) is 1. The highest BCUT2D eigenvalue weighted by molar-refractivity contribution is 6.00. The summed E-state index contributed by atoms with van der Waals surface area (Å²) in [6.45, 7) is 0. The molecule has 1 heterocycles. The second-order valence-electron chi connectivity index (χ2n) is 8.48. The van der Waals surface area contributed by atoms with Crippen LogP contribution in [0.3, 0.4) is 0 Å². The molecular formula is C25H24F3NO3. The van der Waals surface area contributed by atoms with E-state index < -0.39 is 29.4 Å². The van der Waals surface area contributed by atoms with Gasteiger partial charge < -0.3 is 10.1 Å². The number of rotatable bonds is 6. The quantitative estimate of drug-likeness (QED) is 0.418. The molecule has 0 radical (unpaired) electrons. The highest BCUT2D eigenvalue weighted by Gasteiger charge is 2.31. The summed E-state index contributed by atoms with van der Waals surface area (Å²) in [5.41, 5.74) is 1.71. The minimum Gasteiger partial charge on any atom is -0.481 e. The number of hydrogen-bond acceptors (Lipinski definition) is 2. The van der Waals surface area contributed by atoms with Crippen LogP contribution in [-0.2, 0) is 11.0 Å². The minimum atomic E-state index is -4.49. The zero-order valence-corrected chi connectivity index (χ0v) is 17.4. The Kier molecular flexibility index (Phi) is 6.09. The van der Waals surface area contributed by atoms with Crippen LogP contribution in [0.15, 0.2) is 48.7 Å². The highest BCUT2D eigenvalue weighted by atomic mass is 19.4. The molecule has 0 saturated heterocycles. The van der Waals surface area contributed by atoms with Crippen LogP contribution in [0, 0.1) is 0 Å². The Labute approximate surface area is 183 Å². The van der Waals surface area contributed by atoms with Crippen molar-refractivity contribution in [1.29, 1.82) is 0 Å². The number of alkyl halides is 3. The molecule has 1 atom stereocenters. The molecule has 0 spiro atoms. The molecule has 2 aromatic carbocycles. The van der Waals surface area contributed by atoms with Gasteiger partial charge in [0, 0.05) is 29.1 Å². The largest absolute Gasteiger partial charge is 0.481 e. The van der Waals surface area contributed by atoms with Crippen molar-refractivity contribution in [2.24, 2.45) is 0 Å². The Hall–Kier alpha value is -3.09. The molecular weight excluding hydrogens is 419 g/mol. The predicted molar refractivity (Wildman–Crippen MR) is 115 cm³/mol. The smallest absolute Gasteiger partial charge is 0.416 e. The van der Waals surface area contributed by atoms with E-state index in [2.05, 4.69) is 11.1 Å². The number of Topliss-reactive ketones (excluding diaryl/α,β-unsaturated/α-hetero) is 1. The number of carbonyl (C=O) groups excluding carboxylic acids is 1. The molecule has 4 nitrogen and oxygen atoms in total. The average molecular weight is 443 g/mol. The fraction of sp³-hybridized carbons (Fsp3) is 0.360. The summed E-state index contributed by atoms with van der Waals surface area (Å²) in [4.78, 5) is 27.9. The molecule has 1 aliphatic rings. The van der Waals surface area contributed by atoms with Gasteiger partial charge in [-0.05, 0) is 54.2 Å². The van der Waals surface area contributed by atoms with Crippen molar-refractivity contribution in [3.8, 4) is 0 Å². The predicted octanol–water partition coefficient (Wildman–Crippen LogP) is 6.68. The molecule has 1 aliphatic carbocycles. The normalized spacial score (nSPS) is 16.2. The van der Waals surface area contributed by atoms with Gasteiger partial charge in [-0.1, -0.05) is 37.5 Å². The summed E-state index contributed by atoms with van der Waals surface area (Å²) in [6.07, 6.45) is 2.62. The molecule has 32 heavy (non-hydrogen) atoms. The first-order valence-corrected chi connectivity index (χ1v) is 10.8. The number of carboxylic acids is 1. The minimum absolute atomic E-state index is 0.0620. The highest BCUT2D eigenvalue weighted by Crippen LogP contribution is 2.36. The Morgan fingerprint density at radius 1 is 1.03 bits per heavy atom. The second kappa shape index (κ2) is 8.81. The van der Waals surface area contributed by atoms with Crippen molar-refractivity contribution < 1.29 is 27.9 Å². The van der Waals surface area contributed by atoms with Crippen LogP contribution in [0.5, 0.6) is 0 Å². The Bertz CT molecular complexity index is 1130. The number of aromatic amines is 1. The third-order valence-electron chi connectivity index (χ3n) is 6.41. The van der Waals surface area contributed by atoms with Gasteiger partial charge in [-0.3, -0.25) is 9.59 Å². The number of fused-ring (bicyclic) bond motifs is 1. The van der Waals surface area contributed by atoms with Gasteiger partial charge in [-0.25, -0.2) is 0 Å². The number of carbonyl (C=O) groups is 2. The van der Waals surface area contributed by atoms with Crippen molar-refractivity contribution in [2.75, 3.05) is 0 Å². The average Bonchev–Trinajstić information content (AvgIpc) is 3.20. The van der Waals surface area contributed by atoms with Crippen molar-refractivity contribution >= 4 is 22.7 Å². The number of hydrogen-bond donors (Lipinski definition) is 2. The first kappa shape index (κ1) is 22.1. The first-order chi connectivity index (χ1) is 15.2. The summed E-state index contributed by atoms with van der Waals surface area (Å²) < 4.78 is 38.3. The summed E-state index contributed by atoms with van der Waals surface area (Å²) in [5, 5.41) is 10.6. The summed E-state index contributed by atoms with van der Waals surface area (Å²) >= 11 is 0. The number of nitrogens with one attached hydrogen (secondary N) is 1. The Morgan fingerprint density at radius 3 is 2.34 bits per heavy atom. The lowest BCUT2D eigenvalue weighted by Gasteiger charge is -2.22. The van der Waals surface area contributed by atoms with Crippen LogP contribution in [-0.4, -0.2) is 21.8 Å². The van der Waals surface area contributed by atoms with E-state index >= 15 is 0 Å². The van der Waals surface area contributed by atoms with Gasteiger partial charge in [-0.2, -0.15) is 13.2 Å². The fourth-order valence-electron chi connectivity index (χ4n) is 4.62. The van der Waals surface area contributed by atoms with E-state index in [1.807, 2.05) is 12.1 Å². The topological polar surface area (TPSA) is 70.2 Å². The maximum atomic E-state index is 12.8. The third kappa shape index (κ3) is 4.56. The Morgan fingerprint density at radius 2 is 1.72 bits per heavy atom. The molecule has 3 aromatic rings. The maximum Gasteiger partial charge on any atom is 0.416 e. The van der Waals surface area contributed by atoms with Crippen LogP contribution in [0.1, 0.15) is 77.4 Å². The number of benzene rings is 2. The standard InChI is InChI=1S/C25H24F3NO3/c26-25(27,28)18-9-6-16(7-10-18)23(30)13-20(24(31)32)21-14-29-22-11-8-17(12-19(21)22)15-4-2-1-3-5-15/h6-12,14-15,20,29H,1-5,13H2,(H,31,32). The summed E-state index contributed by atoms with van der Waals surface area (Å²) in [5.74, 6) is -2.30. The molecule has 4 rings (SSSR count).